The van der Waals surface area contributed by atoms with Crippen molar-refractivity contribution >= 4 is 11.4 Å². The van der Waals surface area contributed by atoms with E-state index < -0.39 is 0 Å². The molecule has 0 amide bonds. The van der Waals surface area contributed by atoms with Gasteiger partial charge in [0.15, 0.2) is 0 Å². The van der Waals surface area contributed by atoms with Gasteiger partial charge in [-0.2, -0.15) is 4.79 Å². The van der Waals surface area contributed by atoms with Crippen molar-refractivity contribution in [3.05, 3.63) is 52.6 Å². The van der Waals surface area contributed by atoms with Gasteiger partial charge in [-0.1, -0.05) is 30.4 Å². The molecule has 1 N–H and O–H groups in total. The fourth-order valence-corrected chi connectivity index (χ4v) is 2.40. The first-order chi connectivity index (χ1) is 7.33. The number of nitrogens with zero attached hydrogens (tertiary/aromatic N) is 2. The minimum atomic E-state index is -0.0163. The maximum atomic E-state index is 9.06. The van der Waals surface area contributed by atoms with Gasteiger partial charge in [-0.25, -0.2) is 0 Å². The van der Waals surface area contributed by atoms with Crippen molar-refractivity contribution in [1.82, 2.24) is 0 Å². The molecular weight excluding hydrogens is 186 g/mol. The first kappa shape index (κ1) is 8.33. The Morgan fingerprint density at radius 2 is 2.33 bits per heavy atom. The van der Waals surface area contributed by atoms with Crippen LogP contribution in [0.4, 0.5) is 0 Å². The highest BCUT2D eigenvalue weighted by Gasteiger charge is 2.39. The van der Waals surface area contributed by atoms with Crippen LogP contribution in [-0.4, -0.2) is 16.2 Å². The summed E-state index contributed by atoms with van der Waals surface area (Å²) in [5.74, 6) is -0.0163. The van der Waals surface area contributed by atoms with Gasteiger partial charge in [-0.05, 0) is 6.42 Å². The maximum absolute atomic E-state index is 9.06. The van der Waals surface area contributed by atoms with E-state index in [2.05, 4.69) is 4.79 Å². The van der Waals surface area contributed by atoms with E-state index in [-0.39, 0.29) is 5.92 Å². The van der Waals surface area contributed by atoms with E-state index in [0.29, 0.717) is 11.4 Å². The highest BCUT2D eigenvalue weighted by atomic mass is 14.9. The van der Waals surface area contributed by atoms with Crippen molar-refractivity contribution in [1.29, 1.82) is 5.41 Å². The van der Waals surface area contributed by atoms with Crippen LogP contribution in [0.2, 0.25) is 0 Å². The average molecular weight is 195 g/mol. The summed E-state index contributed by atoms with van der Waals surface area (Å²) >= 11 is 0. The summed E-state index contributed by atoms with van der Waals surface area (Å²) in [6.07, 6.45) is 10.5. The van der Waals surface area contributed by atoms with E-state index >= 15 is 0 Å². The minimum Gasteiger partial charge on any atom is -0.361 e. The molecule has 3 rings (SSSR count). The number of allylic oxidation sites excluding steroid dienone is 8. The molecule has 0 fully saturated rings. The van der Waals surface area contributed by atoms with Gasteiger partial charge in [0.2, 0.25) is 0 Å². The number of hydrogen-bond acceptors (Lipinski definition) is 1. The molecule has 0 aromatic rings. The summed E-state index contributed by atoms with van der Waals surface area (Å²) in [4.78, 5) is 3.38. The van der Waals surface area contributed by atoms with E-state index in [9.17, 15) is 0 Å². The number of hydrogen-bond donors (Lipinski definition) is 1. The fourth-order valence-electron chi connectivity index (χ4n) is 2.40. The zero-order chi connectivity index (χ0) is 10.4. The molecule has 72 valence electrons. The van der Waals surface area contributed by atoms with Crippen LogP contribution >= 0.6 is 0 Å². The van der Waals surface area contributed by atoms with Crippen molar-refractivity contribution in [3.8, 4) is 0 Å². The van der Waals surface area contributed by atoms with E-state index in [1.165, 1.54) is 0 Å². The quantitative estimate of drug-likeness (QED) is 0.454. The van der Waals surface area contributed by atoms with Crippen LogP contribution in [0.25, 0.3) is 5.53 Å². The number of nitrogens with one attached hydrogen (secondary N) is 1. The van der Waals surface area contributed by atoms with Gasteiger partial charge >= 0.3 is 5.71 Å². The van der Waals surface area contributed by atoms with Gasteiger partial charge in [-0.3, -0.25) is 0 Å². The highest BCUT2D eigenvalue weighted by molar-refractivity contribution is 6.25. The Balaban J connectivity index is 2.27. The summed E-state index contributed by atoms with van der Waals surface area (Å²) in [5, 5.41) is 8.07. The second-order valence-corrected chi connectivity index (χ2v) is 3.85. The Morgan fingerprint density at radius 3 is 3.13 bits per heavy atom. The summed E-state index contributed by atoms with van der Waals surface area (Å²) in [6, 6.07) is 0. The van der Waals surface area contributed by atoms with E-state index in [1.54, 1.807) is 0 Å². The molecule has 3 nitrogen and oxygen atoms in total. The molecule has 0 aromatic carbocycles. The molecule has 1 unspecified atom stereocenters. The first-order valence-electron chi connectivity index (χ1n) is 4.92. The van der Waals surface area contributed by atoms with Crippen LogP contribution < -0.4 is 0 Å². The Labute approximate surface area is 87.2 Å². The topological polar surface area (TPSA) is 60.3 Å². The predicted octanol–water partition coefficient (Wildman–Crippen LogP) is 2.06. The van der Waals surface area contributed by atoms with Gasteiger partial charge in [0.05, 0.1) is 22.8 Å². The first-order valence-corrected chi connectivity index (χ1v) is 4.92. The maximum Gasteiger partial charge on any atom is 0.323 e. The molecule has 0 radical (unpaired) electrons. The standard InChI is InChI=1S/C12H9N3/c13-11-7-3-1-5-9(7)12(15-14)10-6-2-4-8(10)11/h1-5,7,13H,6H2. The Bertz CT molecular complexity index is 537. The molecule has 0 spiro atoms. The van der Waals surface area contributed by atoms with Crippen LogP contribution in [0.3, 0.4) is 0 Å². The molecule has 0 aliphatic heterocycles. The molecule has 0 aromatic heterocycles. The van der Waals surface area contributed by atoms with Crippen LogP contribution in [0.1, 0.15) is 6.42 Å². The van der Waals surface area contributed by atoms with Gasteiger partial charge < -0.3 is 10.9 Å². The van der Waals surface area contributed by atoms with Gasteiger partial charge in [0.1, 0.15) is 0 Å². The largest absolute Gasteiger partial charge is 0.361 e. The van der Waals surface area contributed by atoms with Crippen LogP contribution in [0, 0.1) is 11.3 Å². The Kier molecular flexibility index (Phi) is 1.53. The van der Waals surface area contributed by atoms with Crippen LogP contribution in [0.5, 0.6) is 0 Å². The summed E-state index contributed by atoms with van der Waals surface area (Å²) < 4.78 is 0. The van der Waals surface area contributed by atoms with Gasteiger partial charge in [0, 0.05) is 5.57 Å². The lowest BCUT2D eigenvalue weighted by Gasteiger charge is -2.19. The Hall–Kier alpha value is -1.99. The zero-order valence-corrected chi connectivity index (χ0v) is 8.07. The zero-order valence-electron chi connectivity index (χ0n) is 8.07. The third-order valence-electron chi connectivity index (χ3n) is 3.11. The SMILES string of the molecule is [N-]=[N+]=C1C2=CC=CC2C(=N)C2=C1CC=C2. The molecule has 3 heteroatoms. The monoisotopic (exact) mass is 195 g/mol. The lowest BCUT2D eigenvalue weighted by atomic mass is 9.80. The average Bonchev–Trinajstić information content (AvgIpc) is 2.85. The van der Waals surface area contributed by atoms with Crippen molar-refractivity contribution in [3.63, 3.8) is 0 Å². The molecule has 3 aliphatic carbocycles. The second-order valence-electron chi connectivity index (χ2n) is 3.85. The van der Waals surface area contributed by atoms with Crippen LogP contribution in [0.15, 0.2) is 47.1 Å². The third kappa shape index (κ3) is 0.928. The summed E-state index contributed by atoms with van der Waals surface area (Å²) in [7, 11) is 0. The Morgan fingerprint density at radius 1 is 1.47 bits per heavy atom. The molecule has 3 aliphatic rings. The lowest BCUT2D eigenvalue weighted by Crippen LogP contribution is -2.27. The number of rotatable bonds is 0. The lowest BCUT2D eigenvalue weighted by molar-refractivity contribution is -0.00408. The van der Waals surface area contributed by atoms with E-state index in [1.807, 2.05) is 30.4 Å². The van der Waals surface area contributed by atoms with Crippen molar-refractivity contribution < 1.29 is 4.79 Å². The molecule has 0 bridgehead atoms. The predicted molar refractivity (Wildman–Crippen MR) is 57.8 cm³/mol. The van der Waals surface area contributed by atoms with Crippen LogP contribution in [-0.2, 0) is 0 Å². The van der Waals surface area contributed by atoms with Gasteiger partial charge in [-0.15, -0.1) is 0 Å². The normalized spacial score (nSPS) is 26.7. The highest BCUT2D eigenvalue weighted by Crippen LogP contribution is 2.37. The third-order valence-corrected chi connectivity index (χ3v) is 3.11. The molecule has 0 saturated carbocycles. The van der Waals surface area contributed by atoms with Gasteiger partial charge in [0.25, 0.3) is 0 Å². The summed E-state index contributed by atoms with van der Waals surface area (Å²) in [5.41, 5.74) is 13.2. The molecule has 0 heterocycles. The van der Waals surface area contributed by atoms with Crippen molar-refractivity contribution in [2.45, 2.75) is 6.42 Å². The molecule has 15 heavy (non-hydrogen) atoms. The fraction of sp³-hybridized carbons (Fsp3) is 0.167. The molecule has 1 atom stereocenters. The minimum absolute atomic E-state index is 0.0163. The van der Waals surface area contributed by atoms with E-state index in [4.69, 9.17) is 10.9 Å². The molecule has 0 saturated heterocycles. The second kappa shape index (κ2) is 2.75. The number of fused-ring (bicyclic) bond motifs is 1. The summed E-state index contributed by atoms with van der Waals surface area (Å²) in [6.45, 7) is 0. The van der Waals surface area contributed by atoms with E-state index in [0.717, 1.165) is 23.1 Å². The van der Waals surface area contributed by atoms with Crippen molar-refractivity contribution in [2.24, 2.45) is 5.92 Å². The van der Waals surface area contributed by atoms with Crippen molar-refractivity contribution in [2.75, 3.05) is 0 Å². The smallest absolute Gasteiger partial charge is 0.323 e. The molecular formula is C12H9N3.